The number of halogens is 1. The molecule has 0 unspecified atom stereocenters. The molecule has 2 amide bonds. The lowest BCUT2D eigenvalue weighted by Crippen LogP contribution is -2.53. The van der Waals surface area contributed by atoms with Crippen molar-refractivity contribution in [2.24, 2.45) is 0 Å². The quantitative estimate of drug-likeness (QED) is 0.509. The number of aryl methyl sites for hydroxylation is 1. The second-order valence-corrected chi connectivity index (χ2v) is 9.40. The third kappa shape index (κ3) is 5.06. The average molecular weight is 496 g/mol. The Morgan fingerprint density at radius 3 is 2.49 bits per heavy atom. The summed E-state index contributed by atoms with van der Waals surface area (Å²) in [5, 5.41) is 3.03. The first-order chi connectivity index (χ1) is 16.7. The van der Waals surface area contributed by atoms with E-state index in [-0.39, 0.29) is 22.6 Å². The molecule has 0 bridgehead atoms. The number of carbonyl (C=O) groups is 2. The molecule has 2 heterocycles. The fourth-order valence-corrected chi connectivity index (χ4v) is 4.87. The summed E-state index contributed by atoms with van der Waals surface area (Å²) in [5.41, 5.74) is 1.40. The van der Waals surface area contributed by atoms with E-state index in [4.69, 9.17) is 20.8 Å². The van der Waals surface area contributed by atoms with Gasteiger partial charge in [0, 0.05) is 25.8 Å². The molecule has 1 fully saturated rings. The Balaban J connectivity index is 1.60. The molecule has 2 aromatic carbocycles. The molecule has 0 radical (unpaired) electrons. The van der Waals surface area contributed by atoms with Crippen LogP contribution in [0.25, 0.3) is 0 Å². The number of ether oxygens (including phenoxy) is 1. The topological polar surface area (TPSA) is 75.0 Å². The van der Waals surface area contributed by atoms with Crippen molar-refractivity contribution in [1.29, 1.82) is 0 Å². The van der Waals surface area contributed by atoms with E-state index in [0.29, 0.717) is 17.0 Å². The van der Waals surface area contributed by atoms with Crippen molar-refractivity contribution in [3.8, 4) is 5.75 Å². The van der Waals surface area contributed by atoms with Crippen LogP contribution in [0, 0.1) is 6.92 Å². The van der Waals surface area contributed by atoms with Gasteiger partial charge in [-0.1, -0.05) is 23.7 Å². The molecular weight excluding hydrogens is 466 g/mol. The first-order valence-electron chi connectivity index (χ1n) is 11.5. The zero-order chi connectivity index (χ0) is 25.2. The van der Waals surface area contributed by atoms with E-state index < -0.39 is 5.54 Å². The molecule has 1 aliphatic heterocycles. The minimum atomic E-state index is -0.495. The highest BCUT2D eigenvalue weighted by Gasteiger charge is 2.42. The third-order valence-corrected chi connectivity index (χ3v) is 7.10. The molecule has 3 aromatic rings. The Morgan fingerprint density at radius 2 is 1.86 bits per heavy atom. The summed E-state index contributed by atoms with van der Waals surface area (Å²) in [5.74, 6) is 1.05. The van der Waals surface area contributed by atoms with E-state index in [2.05, 4.69) is 17.3 Å². The van der Waals surface area contributed by atoms with Crippen molar-refractivity contribution in [2.75, 3.05) is 39.6 Å². The SMILES string of the molecule is COc1cccc(C2(N(C)C(=O)c3ccc(NC(=O)c4ccc(C)o4)cc3Cl)CCN(C)CC2)c1. The number of likely N-dealkylation sites (tertiary alicyclic amines) is 1. The number of nitrogens with one attached hydrogen (secondary N) is 1. The number of carbonyl (C=O) groups excluding carboxylic acids is 2. The molecule has 1 aliphatic rings. The highest BCUT2D eigenvalue weighted by molar-refractivity contribution is 6.34. The smallest absolute Gasteiger partial charge is 0.291 e. The summed E-state index contributed by atoms with van der Waals surface area (Å²) in [6.07, 6.45) is 1.57. The molecule has 4 rings (SSSR count). The lowest BCUT2D eigenvalue weighted by molar-refractivity contribution is 0.0318. The average Bonchev–Trinajstić information content (AvgIpc) is 3.30. The maximum absolute atomic E-state index is 13.7. The number of methoxy groups -OCH3 is 1. The van der Waals surface area contributed by atoms with Crippen LogP contribution in [-0.4, -0.2) is 55.9 Å². The van der Waals surface area contributed by atoms with E-state index in [0.717, 1.165) is 37.2 Å². The molecule has 35 heavy (non-hydrogen) atoms. The number of nitrogens with zero attached hydrogens (tertiary/aromatic N) is 2. The minimum absolute atomic E-state index is 0.179. The van der Waals surface area contributed by atoms with Gasteiger partial charge in [0.05, 0.1) is 23.2 Å². The van der Waals surface area contributed by atoms with E-state index in [1.807, 2.05) is 31.3 Å². The molecule has 0 atom stereocenters. The van der Waals surface area contributed by atoms with Crippen LogP contribution in [0.2, 0.25) is 5.02 Å². The second kappa shape index (κ2) is 10.1. The Morgan fingerprint density at radius 1 is 1.11 bits per heavy atom. The Labute approximate surface area is 210 Å². The van der Waals surface area contributed by atoms with Gasteiger partial charge in [-0.25, -0.2) is 0 Å². The summed E-state index contributed by atoms with van der Waals surface area (Å²) in [4.78, 5) is 30.2. The zero-order valence-electron chi connectivity index (χ0n) is 20.4. The predicted molar refractivity (Wildman–Crippen MR) is 136 cm³/mol. The van der Waals surface area contributed by atoms with Crippen molar-refractivity contribution < 1.29 is 18.7 Å². The lowest BCUT2D eigenvalue weighted by Gasteiger charge is -2.47. The first-order valence-corrected chi connectivity index (χ1v) is 11.9. The summed E-state index contributed by atoms with van der Waals surface area (Å²) in [6, 6.07) is 16.2. The van der Waals surface area contributed by atoms with Crippen LogP contribution >= 0.6 is 11.6 Å². The number of hydrogen-bond acceptors (Lipinski definition) is 5. The van der Waals surface area contributed by atoms with E-state index >= 15 is 0 Å². The molecule has 1 aromatic heterocycles. The largest absolute Gasteiger partial charge is 0.497 e. The van der Waals surface area contributed by atoms with E-state index in [9.17, 15) is 9.59 Å². The molecule has 1 saturated heterocycles. The number of rotatable bonds is 6. The van der Waals surface area contributed by atoms with Gasteiger partial charge in [-0.15, -0.1) is 0 Å². The molecule has 8 heteroatoms. The number of hydrogen-bond donors (Lipinski definition) is 1. The van der Waals surface area contributed by atoms with Crippen LogP contribution in [0.5, 0.6) is 5.75 Å². The van der Waals surface area contributed by atoms with Crippen molar-refractivity contribution in [2.45, 2.75) is 25.3 Å². The zero-order valence-corrected chi connectivity index (χ0v) is 21.2. The number of benzene rings is 2. The van der Waals surface area contributed by atoms with Crippen molar-refractivity contribution >= 4 is 29.1 Å². The standard InChI is InChI=1S/C27H30ClN3O4/c1-18-8-11-24(35-18)25(32)29-20-9-10-22(23(28)17-20)26(33)31(3)27(12-14-30(2)15-13-27)19-6-5-7-21(16-19)34-4/h5-11,16-17H,12-15H2,1-4H3,(H,29,32). The van der Waals surface area contributed by atoms with Crippen LogP contribution in [0.3, 0.4) is 0 Å². The highest BCUT2D eigenvalue weighted by atomic mass is 35.5. The van der Waals surface area contributed by atoms with Gasteiger partial charge in [0.15, 0.2) is 5.76 Å². The number of furan rings is 1. The summed E-state index contributed by atoms with van der Waals surface area (Å²) >= 11 is 6.55. The molecule has 7 nitrogen and oxygen atoms in total. The highest BCUT2D eigenvalue weighted by Crippen LogP contribution is 2.40. The van der Waals surface area contributed by atoms with Crippen LogP contribution in [-0.2, 0) is 5.54 Å². The van der Waals surface area contributed by atoms with Gasteiger partial charge >= 0.3 is 0 Å². The van der Waals surface area contributed by atoms with Gasteiger partial charge in [-0.2, -0.15) is 0 Å². The van der Waals surface area contributed by atoms with Gasteiger partial charge in [0.1, 0.15) is 11.5 Å². The van der Waals surface area contributed by atoms with Gasteiger partial charge in [0.25, 0.3) is 11.8 Å². The normalized spacial score (nSPS) is 15.5. The van der Waals surface area contributed by atoms with Gasteiger partial charge in [-0.05, 0) is 74.8 Å². The maximum Gasteiger partial charge on any atom is 0.291 e. The number of anilines is 1. The van der Waals surface area contributed by atoms with Gasteiger partial charge in [-0.3, -0.25) is 9.59 Å². The van der Waals surface area contributed by atoms with Crippen molar-refractivity contribution in [3.63, 3.8) is 0 Å². The second-order valence-electron chi connectivity index (χ2n) is 8.99. The lowest BCUT2D eigenvalue weighted by atomic mass is 9.79. The van der Waals surface area contributed by atoms with E-state index in [1.165, 1.54) is 0 Å². The number of piperidine rings is 1. The fourth-order valence-electron chi connectivity index (χ4n) is 4.61. The Bertz CT molecular complexity index is 1230. The van der Waals surface area contributed by atoms with Crippen LogP contribution < -0.4 is 10.1 Å². The molecular formula is C27H30ClN3O4. The number of amides is 2. The molecule has 0 saturated carbocycles. The molecule has 0 spiro atoms. The Kier molecular flexibility index (Phi) is 7.19. The van der Waals surface area contributed by atoms with Gasteiger partial charge < -0.3 is 24.3 Å². The predicted octanol–water partition coefficient (Wildman–Crippen LogP) is 5.20. The third-order valence-electron chi connectivity index (χ3n) is 6.79. The monoisotopic (exact) mass is 495 g/mol. The Hall–Kier alpha value is -3.29. The van der Waals surface area contributed by atoms with Crippen LogP contribution in [0.1, 0.15) is 45.1 Å². The molecule has 1 N–H and O–H groups in total. The van der Waals surface area contributed by atoms with Crippen molar-refractivity contribution in [1.82, 2.24) is 9.80 Å². The first kappa shape index (κ1) is 24.8. The maximum atomic E-state index is 13.7. The van der Waals surface area contributed by atoms with Gasteiger partial charge in [0.2, 0.25) is 0 Å². The minimum Gasteiger partial charge on any atom is -0.497 e. The molecule has 0 aliphatic carbocycles. The fraction of sp³-hybridized carbons (Fsp3) is 0.333. The summed E-state index contributed by atoms with van der Waals surface area (Å²) < 4.78 is 10.8. The van der Waals surface area contributed by atoms with Crippen molar-refractivity contribution in [3.05, 3.63) is 82.3 Å². The van der Waals surface area contributed by atoms with Crippen LogP contribution in [0.15, 0.2) is 59.0 Å². The van der Waals surface area contributed by atoms with E-state index in [1.54, 1.807) is 49.3 Å². The summed E-state index contributed by atoms with van der Waals surface area (Å²) in [6.45, 7) is 3.49. The molecule has 184 valence electrons. The van der Waals surface area contributed by atoms with Crippen LogP contribution in [0.4, 0.5) is 5.69 Å². The summed E-state index contributed by atoms with van der Waals surface area (Å²) in [7, 11) is 5.56.